The predicted molar refractivity (Wildman–Crippen MR) is 101 cm³/mol. The molecule has 1 aliphatic heterocycles. The molecule has 0 radical (unpaired) electrons. The minimum Gasteiger partial charge on any atom is -0.347 e. The third-order valence-electron chi connectivity index (χ3n) is 4.01. The maximum absolute atomic E-state index is 12.5. The summed E-state index contributed by atoms with van der Waals surface area (Å²) in [5.74, 6) is -0.433. The molecule has 2 amide bonds. The van der Waals surface area contributed by atoms with Gasteiger partial charge in [0.25, 0.3) is 5.91 Å². The van der Waals surface area contributed by atoms with Gasteiger partial charge in [-0.2, -0.15) is 0 Å². The summed E-state index contributed by atoms with van der Waals surface area (Å²) in [4.78, 5) is 28.8. The maximum Gasteiger partial charge on any atom is 0.271 e. The van der Waals surface area contributed by atoms with Crippen LogP contribution in [0.25, 0.3) is 10.6 Å². The second kappa shape index (κ2) is 7.16. The zero-order valence-corrected chi connectivity index (χ0v) is 16.0. The van der Waals surface area contributed by atoms with Gasteiger partial charge in [-0.15, -0.1) is 11.3 Å². The lowest BCUT2D eigenvalue weighted by molar-refractivity contribution is -0.114. The van der Waals surface area contributed by atoms with Crippen molar-refractivity contribution in [3.63, 3.8) is 0 Å². The van der Waals surface area contributed by atoms with Crippen molar-refractivity contribution in [2.45, 2.75) is 26.3 Å². The highest BCUT2D eigenvalue weighted by Crippen LogP contribution is 2.29. The van der Waals surface area contributed by atoms with Crippen LogP contribution in [0.3, 0.4) is 0 Å². The van der Waals surface area contributed by atoms with Crippen molar-refractivity contribution in [2.24, 2.45) is 0 Å². The summed E-state index contributed by atoms with van der Waals surface area (Å²) in [5.41, 5.74) is 1.76. The lowest BCUT2D eigenvalue weighted by Gasteiger charge is -2.09. The number of benzene rings is 1. The molecule has 0 spiro atoms. The Balaban J connectivity index is 1.79. The van der Waals surface area contributed by atoms with Gasteiger partial charge in [0.1, 0.15) is 10.7 Å². The SMILES string of the molecule is CC(=O)Nc1cccc(-c2nc(C(=O)NC3CCS(=O)(=O)C3)c(C)s2)c1. The number of carbonyl (C=O) groups excluding carboxylic acids is 2. The van der Waals surface area contributed by atoms with E-state index in [1.807, 2.05) is 6.07 Å². The summed E-state index contributed by atoms with van der Waals surface area (Å²) in [7, 11) is -3.05. The largest absolute Gasteiger partial charge is 0.347 e. The van der Waals surface area contributed by atoms with Crippen molar-refractivity contribution in [1.82, 2.24) is 10.3 Å². The van der Waals surface area contributed by atoms with E-state index in [9.17, 15) is 18.0 Å². The van der Waals surface area contributed by atoms with Crippen LogP contribution in [0, 0.1) is 6.92 Å². The third-order valence-corrected chi connectivity index (χ3v) is 6.80. The molecule has 1 aromatic heterocycles. The van der Waals surface area contributed by atoms with Crippen LogP contribution in [0.2, 0.25) is 0 Å². The van der Waals surface area contributed by atoms with E-state index in [0.29, 0.717) is 22.8 Å². The third kappa shape index (κ3) is 4.28. The van der Waals surface area contributed by atoms with Gasteiger partial charge >= 0.3 is 0 Å². The van der Waals surface area contributed by atoms with E-state index in [1.165, 1.54) is 18.3 Å². The highest BCUT2D eigenvalue weighted by atomic mass is 32.2. The van der Waals surface area contributed by atoms with E-state index in [1.54, 1.807) is 25.1 Å². The van der Waals surface area contributed by atoms with Gasteiger partial charge in [-0.1, -0.05) is 12.1 Å². The molecule has 1 saturated heterocycles. The lowest BCUT2D eigenvalue weighted by atomic mass is 10.2. The van der Waals surface area contributed by atoms with Gasteiger partial charge in [0.05, 0.1) is 11.5 Å². The van der Waals surface area contributed by atoms with Crippen LogP contribution < -0.4 is 10.6 Å². The first-order chi connectivity index (χ1) is 12.2. The molecule has 2 aromatic rings. The van der Waals surface area contributed by atoms with Crippen molar-refractivity contribution < 1.29 is 18.0 Å². The number of carbonyl (C=O) groups is 2. The number of aromatic nitrogens is 1. The normalized spacial score (nSPS) is 18.5. The summed E-state index contributed by atoms with van der Waals surface area (Å²) < 4.78 is 23.1. The Bertz CT molecular complexity index is 966. The lowest BCUT2D eigenvalue weighted by Crippen LogP contribution is -2.36. The number of hydrogen-bond donors (Lipinski definition) is 2. The first kappa shape index (κ1) is 18.5. The van der Waals surface area contributed by atoms with Crippen LogP contribution >= 0.6 is 11.3 Å². The molecule has 9 heteroatoms. The molecule has 7 nitrogen and oxygen atoms in total. The van der Waals surface area contributed by atoms with Gasteiger partial charge in [0.2, 0.25) is 5.91 Å². The number of thiazole rings is 1. The zero-order valence-electron chi connectivity index (χ0n) is 14.4. The number of sulfone groups is 1. The van der Waals surface area contributed by atoms with E-state index in [2.05, 4.69) is 15.6 Å². The molecule has 1 aliphatic rings. The minimum atomic E-state index is -3.05. The van der Waals surface area contributed by atoms with Gasteiger partial charge in [-0.05, 0) is 25.5 Å². The molecular formula is C17H19N3O4S2. The van der Waals surface area contributed by atoms with Crippen molar-refractivity contribution >= 4 is 38.7 Å². The molecule has 1 fully saturated rings. The topological polar surface area (TPSA) is 105 Å². The molecule has 2 N–H and O–H groups in total. The van der Waals surface area contributed by atoms with Crippen molar-refractivity contribution in [3.05, 3.63) is 34.8 Å². The summed E-state index contributed by atoms with van der Waals surface area (Å²) in [5, 5.41) is 6.15. The molecule has 26 heavy (non-hydrogen) atoms. The standard InChI is InChI=1S/C17H19N3O4S2/c1-10-15(16(22)19-14-6-7-26(23,24)9-14)20-17(25-10)12-4-3-5-13(8-12)18-11(2)21/h3-5,8,14H,6-7,9H2,1-2H3,(H,18,21)(H,19,22). The molecule has 1 aromatic carbocycles. The Hall–Kier alpha value is -2.26. The van der Waals surface area contributed by atoms with Crippen LogP contribution in [-0.4, -0.2) is 42.8 Å². The first-order valence-electron chi connectivity index (χ1n) is 8.10. The zero-order chi connectivity index (χ0) is 18.9. The highest BCUT2D eigenvalue weighted by Gasteiger charge is 2.30. The highest BCUT2D eigenvalue weighted by molar-refractivity contribution is 7.91. The van der Waals surface area contributed by atoms with E-state index in [0.717, 1.165) is 10.4 Å². The average Bonchev–Trinajstić information content (AvgIpc) is 3.09. The van der Waals surface area contributed by atoms with Gasteiger partial charge in [0.15, 0.2) is 9.84 Å². The summed E-state index contributed by atoms with van der Waals surface area (Å²) in [6.07, 6.45) is 0.433. The molecule has 0 saturated carbocycles. The Kier molecular flexibility index (Phi) is 5.10. The van der Waals surface area contributed by atoms with Crippen LogP contribution in [0.15, 0.2) is 24.3 Å². The van der Waals surface area contributed by atoms with E-state index in [4.69, 9.17) is 0 Å². The Morgan fingerprint density at radius 1 is 1.31 bits per heavy atom. The summed E-state index contributed by atoms with van der Waals surface area (Å²) >= 11 is 1.38. The summed E-state index contributed by atoms with van der Waals surface area (Å²) in [6, 6.07) is 6.87. The van der Waals surface area contributed by atoms with Crippen LogP contribution in [0.4, 0.5) is 5.69 Å². The Labute approximate surface area is 155 Å². The first-order valence-corrected chi connectivity index (χ1v) is 10.7. The van der Waals surface area contributed by atoms with E-state index >= 15 is 0 Å². The van der Waals surface area contributed by atoms with Crippen molar-refractivity contribution in [3.8, 4) is 10.6 Å². The molecular weight excluding hydrogens is 374 g/mol. The fourth-order valence-electron chi connectivity index (χ4n) is 2.83. The molecule has 3 rings (SSSR count). The number of nitrogens with one attached hydrogen (secondary N) is 2. The quantitative estimate of drug-likeness (QED) is 0.826. The van der Waals surface area contributed by atoms with Gasteiger partial charge < -0.3 is 10.6 Å². The van der Waals surface area contributed by atoms with Crippen LogP contribution in [0.1, 0.15) is 28.7 Å². The average molecular weight is 393 g/mol. The smallest absolute Gasteiger partial charge is 0.271 e. The Morgan fingerprint density at radius 2 is 2.08 bits per heavy atom. The van der Waals surface area contributed by atoms with Crippen molar-refractivity contribution in [1.29, 1.82) is 0 Å². The fourth-order valence-corrected chi connectivity index (χ4v) is 5.41. The Morgan fingerprint density at radius 3 is 2.73 bits per heavy atom. The van der Waals surface area contributed by atoms with E-state index < -0.39 is 9.84 Å². The molecule has 1 atom stereocenters. The maximum atomic E-state index is 12.5. The van der Waals surface area contributed by atoms with Crippen molar-refractivity contribution in [2.75, 3.05) is 16.8 Å². The van der Waals surface area contributed by atoms with Gasteiger partial charge in [-0.25, -0.2) is 13.4 Å². The number of amides is 2. The molecule has 2 heterocycles. The minimum absolute atomic E-state index is 0.0203. The number of anilines is 1. The molecule has 1 unspecified atom stereocenters. The number of rotatable bonds is 4. The monoisotopic (exact) mass is 393 g/mol. The molecule has 138 valence electrons. The van der Waals surface area contributed by atoms with Gasteiger partial charge in [0, 0.05) is 29.1 Å². The van der Waals surface area contributed by atoms with Crippen LogP contribution in [-0.2, 0) is 14.6 Å². The number of nitrogens with zero attached hydrogens (tertiary/aromatic N) is 1. The number of hydrogen-bond acceptors (Lipinski definition) is 6. The summed E-state index contributed by atoms with van der Waals surface area (Å²) in [6.45, 7) is 3.24. The van der Waals surface area contributed by atoms with Crippen LogP contribution in [0.5, 0.6) is 0 Å². The molecule has 0 bridgehead atoms. The second-order valence-corrected chi connectivity index (χ2v) is 9.69. The second-order valence-electron chi connectivity index (χ2n) is 6.26. The number of aryl methyl sites for hydroxylation is 1. The fraction of sp³-hybridized carbons (Fsp3) is 0.353. The predicted octanol–water partition coefficient (Wildman–Crippen LogP) is 1.99. The van der Waals surface area contributed by atoms with Gasteiger partial charge in [-0.3, -0.25) is 9.59 Å². The molecule has 0 aliphatic carbocycles. The van der Waals surface area contributed by atoms with E-state index in [-0.39, 0.29) is 29.4 Å².